The fraction of sp³-hybridized carbons (Fsp3) is 0.500. The summed E-state index contributed by atoms with van der Waals surface area (Å²) in [7, 11) is 0. The molecule has 0 saturated heterocycles. The minimum atomic E-state index is 0.309. The smallest absolute Gasteiger partial charge is 0.181 e. The van der Waals surface area contributed by atoms with E-state index in [1.807, 2.05) is 0 Å². The molecule has 0 radical (unpaired) electrons. The quantitative estimate of drug-likeness (QED) is 0.774. The molecule has 2 heterocycles. The molecule has 4 heteroatoms. The van der Waals surface area contributed by atoms with Crippen molar-refractivity contribution >= 4 is 11.2 Å². The highest BCUT2D eigenvalue weighted by molar-refractivity contribution is 5.72. The van der Waals surface area contributed by atoms with E-state index in [9.17, 15) is 0 Å². The van der Waals surface area contributed by atoms with Crippen LogP contribution in [0.4, 0.5) is 0 Å². The van der Waals surface area contributed by atoms with Gasteiger partial charge in [-0.2, -0.15) is 0 Å². The van der Waals surface area contributed by atoms with Crippen LogP contribution in [-0.2, 0) is 0 Å². The molecule has 2 rings (SSSR count). The van der Waals surface area contributed by atoms with Gasteiger partial charge in [0.25, 0.3) is 0 Å². The van der Waals surface area contributed by atoms with Crippen LogP contribution in [0.25, 0.3) is 11.2 Å². The Morgan fingerprint density at radius 2 is 1.56 bits per heavy atom. The van der Waals surface area contributed by atoms with Gasteiger partial charge in [0.2, 0.25) is 0 Å². The average Bonchev–Trinajstić information content (AvgIpc) is 2.27. The van der Waals surface area contributed by atoms with Crippen LogP contribution in [0, 0.1) is 0 Å². The summed E-state index contributed by atoms with van der Waals surface area (Å²) in [6, 6.07) is 0. The lowest BCUT2D eigenvalue weighted by Gasteiger charge is -2.11. The average molecular weight is 216 g/mol. The zero-order valence-electron chi connectivity index (χ0n) is 10.1. The third-order valence-corrected chi connectivity index (χ3v) is 2.44. The van der Waals surface area contributed by atoms with Crippen LogP contribution in [-0.4, -0.2) is 19.9 Å². The van der Waals surface area contributed by atoms with Gasteiger partial charge in [0.1, 0.15) is 11.3 Å². The second-order valence-corrected chi connectivity index (χ2v) is 4.51. The predicted molar refractivity (Wildman–Crippen MR) is 63.3 cm³/mol. The van der Waals surface area contributed by atoms with Gasteiger partial charge < -0.3 is 0 Å². The van der Waals surface area contributed by atoms with Crippen molar-refractivity contribution in [2.24, 2.45) is 0 Å². The van der Waals surface area contributed by atoms with Crippen molar-refractivity contribution in [1.82, 2.24) is 19.9 Å². The van der Waals surface area contributed by atoms with Gasteiger partial charge in [0.05, 0.1) is 5.69 Å². The molecule has 0 amide bonds. The van der Waals surface area contributed by atoms with Gasteiger partial charge in [-0.3, -0.25) is 0 Å². The molecule has 0 atom stereocenters. The van der Waals surface area contributed by atoms with Crippen molar-refractivity contribution in [3.8, 4) is 0 Å². The van der Waals surface area contributed by atoms with Crippen molar-refractivity contribution in [2.75, 3.05) is 0 Å². The van der Waals surface area contributed by atoms with Crippen LogP contribution in [0.2, 0.25) is 0 Å². The molecule has 84 valence electrons. The summed E-state index contributed by atoms with van der Waals surface area (Å²) in [4.78, 5) is 17.6. The van der Waals surface area contributed by atoms with Gasteiger partial charge in [-0.05, 0) is 5.92 Å². The van der Waals surface area contributed by atoms with Crippen molar-refractivity contribution in [3.05, 3.63) is 23.9 Å². The van der Waals surface area contributed by atoms with Crippen LogP contribution < -0.4 is 0 Å². The maximum atomic E-state index is 4.59. The summed E-state index contributed by atoms with van der Waals surface area (Å²) in [6.45, 7) is 8.39. The number of rotatable bonds is 2. The van der Waals surface area contributed by atoms with Crippen molar-refractivity contribution in [2.45, 2.75) is 39.5 Å². The number of nitrogens with zero attached hydrogens (tertiary/aromatic N) is 4. The van der Waals surface area contributed by atoms with Gasteiger partial charge in [0.15, 0.2) is 5.65 Å². The first-order chi connectivity index (χ1) is 7.59. The summed E-state index contributed by atoms with van der Waals surface area (Å²) in [5.74, 6) is 1.49. The first-order valence-electron chi connectivity index (χ1n) is 5.58. The Morgan fingerprint density at radius 1 is 0.875 bits per heavy atom. The molecule has 16 heavy (non-hydrogen) atoms. The Kier molecular flexibility index (Phi) is 2.81. The van der Waals surface area contributed by atoms with Crippen molar-refractivity contribution in [1.29, 1.82) is 0 Å². The van der Waals surface area contributed by atoms with E-state index in [0.29, 0.717) is 17.5 Å². The Hall–Kier alpha value is -1.58. The Bertz CT molecular complexity index is 505. The standard InChI is InChI=1S/C12H16N4/c1-7(2)9-10-12(14-6-5-13-10)16-11(15-9)8(3)4/h5-8H,1-4H3. The maximum Gasteiger partial charge on any atom is 0.181 e. The molecule has 0 unspecified atom stereocenters. The molecule has 0 aliphatic heterocycles. The Balaban J connectivity index is 2.74. The fourth-order valence-corrected chi connectivity index (χ4v) is 1.56. The Labute approximate surface area is 95.2 Å². The van der Waals surface area contributed by atoms with Crippen LogP contribution in [0.3, 0.4) is 0 Å². The third kappa shape index (κ3) is 1.87. The molecule has 0 N–H and O–H groups in total. The predicted octanol–water partition coefficient (Wildman–Crippen LogP) is 2.67. The third-order valence-electron chi connectivity index (χ3n) is 2.44. The maximum absolute atomic E-state index is 4.59. The van der Waals surface area contributed by atoms with Crippen LogP contribution in [0.1, 0.15) is 51.0 Å². The topological polar surface area (TPSA) is 51.6 Å². The molecule has 0 spiro atoms. The van der Waals surface area contributed by atoms with Crippen molar-refractivity contribution in [3.63, 3.8) is 0 Å². The first kappa shape index (κ1) is 10.9. The van der Waals surface area contributed by atoms with E-state index >= 15 is 0 Å². The highest BCUT2D eigenvalue weighted by atomic mass is 15.0. The molecule has 0 aliphatic rings. The molecular formula is C12H16N4. The highest BCUT2D eigenvalue weighted by Crippen LogP contribution is 2.21. The second-order valence-electron chi connectivity index (χ2n) is 4.51. The Morgan fingerprint density at radius 3 is 2.19 bits per heavy atom. The monoisotopic (exact) mass is 216 g/mol. The molecule has 0 saturated carbocycles. The minimum Gasteiger partial charge on any atom is -0.249 e. The van der Waals surface area contributed by atoms with Gasteiger partial charge in [-0.1, -0.05) is 27.7 Å². The normalized spacial score (nSPS) is 11.6. The lowest BCUT2D eigenvalue weighted by molar-refractivity contribution is 0.738. The van der Waals surface area contributed by atoms with E-state index in [-0.39, 0.29) is 0 Å². The van der Waals surface area contributed by atoms with Gasteiger partial charge in [0, 0.05) is 18.3 Å². The summed E-state index contributed by atoms with van der Waals surface area (Å²) in [5, 5.41) is 0. The van der Waals surface area contributed by atoms with E-state index in [1.54, 1.807) is 12.4 Å². The summed E-state index contributed by atoms with van der Waals surface area (Å²) < 4.78 is 0. The SMILES string of the molecule is CC(C)c1nc(C(C)C)c2nccnc2n1. The van der Waals surface area contributed by atoms with Crippen LogP contribution >= 0.6 is 0 Å². The molecular weight excluding hydrogens is 200 g/mol. The van der Waals surface area contributed by atoms with E-state index in [0.717, 1.165) is 17.0 Å². The highest BCUT2D eigenvalue weighted by Gasteiger charge is 2.13. The van der Waals surface area contributed by atoms with E-state index < -0.39 is 0 Å². The largest absolute Gasteiger partial charge is 0.249 e. The number of hydrogen-bond acceptors (Lipinski definition) is 4. The minimum absolute atomic E-state index is 0.309. The van der Waals surface area contributed by atoms with Gasteiger partial charge >= 0.3 is 0 Å². The molecule has 0 aliphatic carbocycles. The molecule has 2 aromatic rings. The molecule has 0 fully saturated rings. The lowest BCUT2D eigenvalue weighted by atomic mass is 10.1. The molecule has 4 nitrogen and oxygen atoms in total. The lowest BCUT2D eigenvalue weighted by Crippen LogP contribution is -2.06. The van der Waals surface area contributed by atoms with Gasteiger partial charge in [-0.15, -0.1) is 0 Å². The van der Waals surface area contributed by atoms with Crippen LogP contribution in [0.15, 0.2) is 12.4 Å². The first-order valence-corrected chi connectivity index (χ1v) is 5.58. The van der Waals surface area contributed by atoms with E-state index in [1.165, 1.54) is 0 Å². The van der Waals surface area contributed by atoms with E-state index in [4.69, 9.17) is 0 Å². The van der Waals surface area contributed by atoms with E-state index in [2.05, 4.69) is 47.6 Å². The zero-order valence-corrected chi connectivity index (χ0v) is 10.1. The van der Waals surface area contributed by atoms with Gasteiger partial charge in [-0.25, -0.2) is 19.9 Å². The molecule has 0 bridgehead atoms. The van der Waals surface area contributed by atoms with Crippen molar-refractivity contribution < 1.29 is 0 Å². The second kappa shape index (κ2) is 4.12. The summed E-state index contributed by atoms with van der Waals surface area (Å²) in [6.07, 6.45) is 3.36. The van der Waals surface area contributed by atoms with Crippen LogP contribution in [0.5, 0.6) is 0 Å². The zero-order chi connectivity index (χ0) is 11.7. The summed E-state index contributed by atoms with van der Waals surface area (Å²) >= 11 is 0. The number of fused-ring (bicyclic) bond motifs is 1. The molecule has 0 aromatic carbocycles. The fourth-order valence-electron chi connectivity index (χ4n) is 1.56. The molecule has 2 aromatic heterocycles. The summed E-state index contributed by atoms with van der Waals surface area (Å²) in [5.41, 5.74) is 2.51. The number of aromatic nitrogens is 4. The number of hydrogen-bond donors (Lipinski definition) is 0.